The third kappa shape index (κ3) is 4.99. The van der Waals surface area contributed by atoms with Gasteiger partial charge in [0.2, 0.25) is 0 Å². The average molecular weight is 569 g/mol. The fourth-order valence-electron chi connectivity index (χ4n) is 4.65. The summed E-state index contributed by atoms with van der Waals surface area (Å²) >= 11 is 0. The number of pyridine rings is 1. The number of carbonyl (C=O) groups excluding carboxylic acids is 1. The van der Waals surface area contributed by atoms with Crippen LogP contribution in [0.15, 0.2) is 42.6 Å². The number of rotatable bonds is 8. The zero-order valence-electron chi connectivity index (χ0n) is 22.9. The SMILES string of the molecule is CCCS(=O)(=O)CNc1ccc(F)c(C(=O)c2ccc3[nH]c4ncc(B5OC(C)(C)C(C)(C)O5)cc4c3c2)c1F. The second kappa shape index (κ2) is 9.93. The number of sulfone groups is 1. The van der Waals surface area contributed by atoms with Crippen LogP contribution in [0.2, 0.25) is 0 Å². The molecule has 0 radical (unpaired) electrons. The van der Waals surface area contributed by atoms with E-state index in [0.717, 1.165) is 12.1 Å². The van der Waals surface area contributed by atoms with Crippen molar-refractivity contribution in [1.29, 1.82) is 0 Å². The van der Waals surface area contributed by atoms with Gasteiger partial charge in [-0.05, 0) is 70.5 Å². The highest BCUT2D eigenvalue weighted by Gasteiger charge is 2.51. The molecule has 2 aromatic carbocycles. The molecular weight excluding hydrogens is 539 g/mol. The van der Waals surface area contributed by atoms with E-state index in [-0.39, 0.29) is 17.0 Å². The summed E-state index contributed by atoms with van der Waals surface area (Å²) in [6, 6.07) is 8.55. The minimum absolute atomic E-state index is 0.0583. The second-order valence-electron chi connectivity index (χ2n) is 11.0. The molecule has 0 unspecified atom stereocenters. The number of benzene rings is 2. The largest absolute Gasteiger partial charge is 0.496 e. The Bertz CT molecular complexity index is 1740. The maximum Gasteiger partial charge on any atom is 0.496 e. The first-order valence-corrected chi connectivity index (χ1v) is 14.8. The van der Waals surface area contributed by atoms with Gasteiger partial charge < -0.3 is 19.6 Å². The number of fused-ring (bicyclic) bond motifs is 3. The summed E-state index contributed by atoms with van der Waals surface area (Å²) in [5.74, 6) is -3.68. The first-order chi connectivity index (χ1) is 18.7. The lowest BCUT2D eigenvalue weighted by molar-refractivity contribution is 0.00578. The van der Waals surface area contributed by atoms with E-state index in [2.05, 4.69) is 15.3 Å². The van der Waals surface area contributed by atoms with Gasteiger partial charge in [0.1, 0.15) is 17.3 Å². The van der Waals surface area contributed by atoms with E-state index >= 15 is 4.39 Å². The van der Waals surface area contributed by atoms with Gasteiger partial charge >= 0.3 is 7.12 Å². The number of aromatic nitrogens is 2. The predicted molar refractivity (Wildman–Crippen MR) is 152 cm³/mol. The van der Waals surface area contributed by atoms with Crippen LogP contribution in [-0.2, 0) is 19.1 Å². The van der Waals surface area contributed by atoms with E-state index < -0.39 is 57.0 Å². The van der Waals surface area contributed by atoms with Gasteiger partial charge in [0.15, 0.2) is 21.4 Å². The third-order valence-corrected chi connectivity index (χ3v) is 9.19. The van der Waals surface area contributed by atoms with E-state index in [9.17, 15) is 17.6 Å². The normalized spacial score (nSPS) is 16.6. The summed E-state index contributed by atoms with van der Waals surface area (Å²) in [5.41, 5.74) is -0.115. The fourth-order valence-corrected chi connectivity index (χ4v) is 5.79. The lowest BCUT2D eigenvalue weighted by Gasteiger charge is -2.32. The Hall–Kier alpha value is -3.35. The third-order valence-electron chi connectivity index (χ3n) is 7.58. The topological polar surface area (TPSA) is 110 Å². The van der Waals surface area contributed by atoms with Crippen LogP contribution < -0.4 is 10.8 Å². The van der Waals surface area contributed by atoms with E-state index in [1.807, 2.05) is 33.8 Å². The molecule has 2 N–H and O–H groups in total. The van der Waals surface area contributed by atoms with Crippen molar-refractivity contribution in [2.75, 3.05) is 16.9 Å². The van der Waals surface area contributed by atoms with Gasteiger partial charge in [-0.1, -0.05) is 6.92 Å². The minimum Gasteiger partial charge on any atom is -0.399 e. The van der Waals surface area contributed by atoms with Crippen LogP contribution >= 0.6 is 0 Å². The number of ketones is 1. The molecule has 0 saturated carbocycles. The van der Waals surface area contributed by atoms with Gasteiger partial charge in [-0.3, -0.25) is 4.79 Å². The summed E-state index contributed by atoms with van der Waals surface area (Å²) in [6.07, 6.45) is 2.07. The number of halogens is 2. The molecule has 0 spiro atoms. The molecule has 40 heavy (non-hydrogen) atoms. The van der Waals surface area contributed by atoms with Gasteiger partial charge in [-0.25, -0.2) is 22.2 Å². The van der Waals surface area contributed by atoms with Gasteiger partial charge in [0.25, 0.3) is 0 Å². The van der Waals surface area contributed by atoms with Crippen molar-refractivity contribution in [3.63, 3.8) is 0 Å². The Morgan fingerprint density at radius 3 is 2.42 bits per heavy atom. The molecule has 12 heteroatoms. The molecule has 0 bridgehead atoms. The summed E-state index contributed by atoms with van der Waals surface area (Å²) in [7, 11) is -4.13. The van der Waals surface area contributed by atoms with Crippen molar-refractivity contribution in [3.8, 4) is 0 Å². The summed E-state index contributed by atoms with van der Waals surface area (Å²) in [4.78, 5) is 21.1. The van der Waals surface area contributed by atoms with Crippen LogP contribution in [0, 0.1) is 11.6 Å². The van der Waals surface area contributed by atoms with E-state index in [1.54, 1.807) is 25.3 Å². The highest BCUT2D eigenvalue weighted by Crippen LogP contribution is 2.37. The van der Waals surface area contributed by atoms with Gasteiger partial charge in [0, 0.05) is 33.5 Å². The first-order valence-electron chi connectivity index (χ1n) is 13.0. The molecule has 3 heterocycles. The highest BCUT2D eigenvalue weighted by molar-refractivity contribution is 7.91. The molecule has 210 valence electrons. The molecule has 4 aromatic rings. The number of anilines is 1. The number of aromatic amines is 1. The quantitative estimate of drug-likeness (QED) is 0.234. The first kappa shape index (κ1) is 28.2. The average Bonchev–Trinajstić information content (AvgIpc) is 3.35. The van der Waals surface area contributed by atoms with Gasteiger partial charge in [0.05, 0.1) is 28.2 Å². The molecule has 0 aliphatic carbocycles. The highest BCUT2D eigenvalue weighted by atomic mass is 32.2. The van der Waals surface area contributed by atoms with E-state index in [1.165, 1.54) is 6.07 Å². The zero-order valence-corrected chi connectivity index (χ0v) is 23.7. The van der Waals surface area contributed by atoms with Crippen molar-refractivity contribution in [2.24, 2.45) is 0 Å². The molecule has 2 aromatic heterocycles. The van der Waals surface area contributed by atoms with Crippen molar-refractivity contribution < 1.29 is 31.3 Å². The number of H-pyrrole nitrogens is 1. The van der Waals surface area contributed by atoms with Gasteiger partial charge in [-0.15, -0.1) is 0 Å². The molecule has 1 aliphatic heterocycles. The van der Waals surface area contributed by atoms with Crippen LogP contribution in [-0.4, -0.2) is 54.1 Å². The number of nitrogens with zero attached hydrogens (tertiary/aromatic N) is 1. The lowest BCUT2D eigenvalue weighted by Crippen LogP contribution is -2.41. The molecule has 1 saturated heterocycles. The van der Waals surface area contributed by atoms with Crippen LogP contribution in [0.4, 0.5) is 14.5 Å². The van der Waals surface area contributed by atoms with Crippen molar-refractivity contribution in [1.82, 2.24) is 9.97 Å². The van der Waals surface area contributed by atoms with Crippen molar-refractivity contribution in [2.45, 2.75) is 52.2 Å². The fraction of sp³-hybridized carbons (Fsp3) is 0.357. The molecule has 8 nitrogen and oxygen atoms in total. The molecule has 1 fully saturated rings. The van der Waals surface area contributed by atoms with E-state index in [0.29, 0.717) is 33.8 Å². The van der Waals surface area contributed by atoms with Crippen LogP contribution in [0.1, 0.15) is 57.0 Å². The summed E-state index contributed by atoms with van der Waals surface area (Å²) < 4.78 is 66.5. The Morgan fingerprint density at radius 2 is 1.75 bits per heavy atom. The molecule has 0 atom stereocenters. The maximum absolute atomic E-state index is 15.3. The minimum atomic E-state index is -3.49. The summed E-state index contributed by atoms with van der Waals surface area (Å²) in [6.45, 7) is 9.53. The number of hydrogen-bond donors (Lipinski definition) is 2. The lowest BCUT2D eigenvalue weighted by atomic mass is 9.80. The smallest absolute Gasteiger partial charge is 0.399 e. The molecule has 1 aliphatic rings. The Morgan fingerprint density at radius 1 is 1.05 bits per heavy atom. The number of nitrogens with one attached hydrogen (secondary N) is 2. The Labute approximate surface area is 231 Å². The van der Waals surface area contributed by atoms with Crippen LogP contribution in [0.3, 0.4) is 0 Å². The molecular formula is C28H30BF2N3O5S. The predicted octanol–water partition coefficient (Wildman–Crippen LogP) is 4.72. The Kier molecular flexibility index (Phi) is 7.00. The van der Waals surface area contributed by atoms with Crippen LogP contribution in [0.25, 0.3) is 21.9 Å². The standard InChI is InChI=1S/C28H30BF2N3O5S/c1-6-11-40(36,37)15-33-22-10-8-20(30)23(24(22)31)25(35)16-7-9-21-18(12-16)19-13-17(14-32-26(19)34-21)29-38-27(2,3)28(4,5)39-29/h7-10,12-14,33H,6,11,15H2,1-5H3,(H,32,34). The molecule has 0 amide bonds. The second-order valence-corrected chi connectivity index (χ2v) is 13.2. The zero-order chi connectivity index (χ0) is 29.0. The number of hydrogen-bond acceptors (Lipinski definition) is 7. The van der Waals surface area contributed by atoms with Crippen molar-refractivity contribution in [3.05, 3.63) is 65.4 Å². The maximum atomic E-state index is 15.3. The molecule has 5 rings (SSSR count). The van der Waals surface area contributed by atoms with Crippen LogP contribution in [0.5, 0.6) is 0 Å². The summed E-state index contributed by atoms with van der Waals surface area (Å²) in [5, 5.41) is 3.81. The number of carbonyl (C=O) groups is 1. The Balaban J connectivity index is 1.50. The monoisotopic (exact) mass is 569 g/mol. The van der Waals surface area contributed by atoms with Crippen molar-refractivity contribution >= 4 is 55.8 Å². The van der Waals surface area contributed by atoms with Gasteiger partial charge in [-0.2, -0.15) is 0 Å². The van der Waals surface area contributed by atoms with E-state index in [4.69, 9.17) is 9.31 Å².